The molecule has 0 heterocycles. The summed E-state index contributed by atoms with van der Waals surface area (Å²) in [4.78, 5) is 21.2. The Balaban J connectivity index is 3.21. The van der Waals surface area contributed by atoms with Crippen molar-refractivity contribution in [3.05, 3.63) is 39.7 Å². The molecule has 0 spiro atoms. The van der Waals surface area contributed by atoms with Gasteiger partial charge in [0.05, 0.1) is 10.3 Å². The van der Waals surface area contributed by atoms with E-state index in [1.807, 2.05) is 0 Å². The summed E-state index contributed by atoms with van der Waals surface area (Å²) in [6, 6.07) is 3.83. The van der Waals surface area contributed by atoms with Gasteiger partial charge >= 0.3 is 11.7 Å². The second kappa shape index (κ2) is 5.77. The summed E-state index contributed by atoms with van der Waals surface area (Å²) in [6.07, 6.45) is 0.616. The number of carboxylic acids is 1. The standard InChI is InChI=1S/C13H16FNO4/c1-3-13(4-2,12(16)17)8-9-6-5-7-10(11(9)14)15(18)19/h5-7H,3-4,8H2,1-2H3,(H,16,17). The molecule has 0 atom stereocenters. The molecule has 0 unspecified atom stereocenters. The molecule has 5 nitrogen and oxygen atoms in total. The Bertz CT molecular complexity index is 497. The Morgan fingerprint density at radius 3 is 2.42 bits per heavy atom. The van der Waals surface area contributed by atoms with E-state index in [-0.39, 0.29) is 12.0 Å². The second-order valence-electron chi connectivity index (χ2n) is 4.48. The van der Waals surface area contributed by atoms with E-state index in [1.54, 1.807) is 13.8 Å². The molecule has 0 bridgehead atoms. The number of hydrogen-bond donors (Lipinski definition) is 1. The van der Waals surface area contributed by atoms with Gasteiger partial charge in [-0.15, -0.1) is 0 Å². The van der Waals surface area contributed by atoms with Crippen molar-refractivity contribution in [1.29, 1.82) is 0 Å². The van der Waals surface area contributed by atoms with Crippen molar-refractivity contribution in [2.75, 3.05) is 0 Å². The lowest BCUT2D eigenvalue weighted by atomic mass is 9.77. The lowest BCUT2D eigenvalue weighted by molar-refractivity contribution is -0.387. The average Bonchev–Trinajstić information content (AvgIpc) is 2.37. The van der Waals surface area contributed by atoms with Crippen molar-refractivity contribution in [3.63, 3.8) is 0 Å². The van der Waals surface area contributed by atoms with E-state index >= 15 is 0 Å². The molecule has 0 aliphatic rings. The van der Waals surface area contributed by atoms with Crippen LogP contribution in [0.1, 0.15) is 32.3 Å². The number of hydrogen-bond acceptors (Lipinski definition) is 3. The van der Waals surface area contributed by atoms with Gasteiger partial charge in [0.1, 0.15) is 0 Å². The fourth-order valence-electron chi connectivity index (χ4n) is 2.09. The summed E-state index contributed by atoms with van der Waals surface area (Å²) >= 11 is 0. The van der Waals surface area contributed by atoms with E-state index in [2.05, 4.69) is 0 Å². The van der Waals surface area contributed by atoms with E-state index in [0.29, 0.717) is 12.8 Å². The Morgan fingerprint density at radius 1 is 1.42 bits per heavy atom. The highest BCUT2D eigenvalue weighted by molar-refractivity contribution is 5.75. The molecule has 6 heteroatoms. The lowest BCUT2D eigenvalue weighted by Gasteiger charge is -2.26. The van der Waals surface area contributed by atoms with Crippen molar-refractivity contribution in [2.45, 2.75) is 33.1 Å². The molecule has 1 aromatic rings. The van der Waals surface area contributed by atoms with Crippen molar-refractivity contribution in [1.82, 2.24) is 0 Å². The zero-order chi connectivity index (χ0) is 14.6. The van der Waals surface area contributed by atoms with Crippen LogP contribution in [0.2, 0.25) is 0 Å². The molecule has 0 aliphatic heterocycles. The van der Waals surface area contributed by atoms with E-state index in [4.69, 9.17) is 0 Å². The van der Waals surface area contributed by atoms with Gasteiger partial charge in [-0.1, -0.05) is 26.0 Å². The second-order valence-corrected chi connectivity index (χ2v) is 4.48. The molecule has 1 N–H and O–H groups in total. The summed E-state index contributed by atoms with van der Waals surface area (Å²) in [5.41, 5.74) is -1.64. The molecule has 19 heavy (non-hydrogen) atoms. The maximum Gasteiger partial charge on any atom is 0.309 e. The predicted octanol–water partition coefficient (Wildman–Crippen LogP) is 3.17. The summed E-state index contributed by atoms with van der Waals surface area (Å²) in [5.74, 6) is -1.96. The summed E-state index contributed by atoms with van der Waals surface area (Å²) in [7, 11) is 0. The first-order valence-electron chi connectivity index (χ1n) is 6.03. The summed E-state index contributed by atoms with van der Waals surface area (Å²) in [6.45, 7) is 3.43. The van der Waals surface area contributed by atoms with Crippen LogP contribution in [0.4, 0.5) is 10.1 Å². The third-order valence-electron chi connectivity index (χ3n) is 3.59. The first-order chi connectivity index (χ1) is 8.88. The van der Waals surface area contributed by atoms with Gasteiger partial charge in [0, 0.05) is 6.07 Å². The Morgan fingerprint density at radius 2 is 2.00 bits per heavy atom. The Labute approximate surface area is 110 Å². The van der Waals surface area contributed by atoms with E-state index in [1.165, 1.54) is 12.1 Å². The van der Waals surface area contributed by atoms with Crippen molar-refractivity contribution >= 4 is 11.7 Å². The van der Waals surface area contributed by atoms with Gasteiger partial charge in [0.25, 0.3) is 0 Å². The maximum absolute atomic E-state index is 14.0. The zero-order valence-electron chi connectivity index (χ0n) is 10.9. The molecule has 0 saturated heterocycles. The summed E-state index contributed by atoms with van der Waals surface area (Å²) < 4.78 is 14.0. The summed E-state index contributed by atoms with van der Waals surface area (Å²) in [5, 5.41) is 20.0. The number of rotatable bonds is 6. The average molecular weight is 269 g/mol. The molecule has 0 aromatic heterocycles. The number of carbonyl (C=O) groups is 1. The SMILES string of the molecule is CCC(CC)(Cc1cccc([N+](=O)[O-])c1F)C(=O)O. The molecule has 1 rings (SSSR count). The quantitative estimate of drug-likeness (QED) is 0.635. The van der Waals surface area contributed by atoms with Gasteiger partial charge in [-0.3, -0.25) is 14.9 Å². The van der Waals surface area contributed by atoms with E-state index in [9.17, 15) is 24.4 Å². The minimum absolute atomic E-state index is 0.0527. The van der Waals surface area contributed by atoms with Gasteiger partial charge < -0.3 is 5.11 Å². The number of nitrogens with zero attached hydrogens (tertiary/aromatic N) is 1. The van der Waals surface area contributed by atoms with Gasteiger partial charge in [-0.2, -0.15) is 4.39 Å². The molecule has 0 fully saturated rings. The normalized spacial score (nSPS) is 11.3. The van der Waals surface area contributed by atoms with E-state index < -0.39 is 27.8 Å². The third-order valence-corrected chi connectivity index (χ3v) is 3.59. The highest BCUT2D eigenvalue weighted by atomic mass is 19.1. The van der Waals surface area contributed by atoms with Crippen LogP contribution in [0.15, 0.2) is 18.2 Å². The molecule has 0 radical (unpaired) electrons. The van der Waals surface area contributed by atoms with Crippen molar-refractivity contribution < 1.29 is 19.2 Å². The predicted molar refractivity (Wildman–Crippen MR) is 67.4 cm³/mol. The Kier molecular flexibility index (Phi) is 4.58. The molecular weight excluding hydrogens is 253 g/mol. The lowest BCUT2D eigenvalue weighted by Crippen LogP contribution is -2.32. The number of halogens is 1. The fraction of sp³-hybridized carbons (Fsp3) is 0.462. The largest absolute Gasteiger partial charge is 0.481 e. The number of aliphatic carboxylic acids is 1. The maximum atomic E-state index is 14.0. The van der Waals surface area contributed by atoms with Crippen LogP contribution in [0.25, 0.3) is 0 Å². The first kappa shape index (κ1) is 15.1. The van der Waals surface area contributed by atoms with Crippen LogP contribution in [0.3, 0.4) is 0 Å². The monoisotopic (exact) mass is 269 g/mol. The number of benzene rings is 1. The van der Waals surface area contributed by atoms with Gasteiger partial charge in [0.2, 0.25) is 5.82 Å². The molecule has 1 aromatic carbocycles. The van der Waals surface area contributed by atoms with Crippen LogP contribution in [-0.2, 0) is 11.2 Å². The number of nitro benzene ring substituents is 1. The van der Waals surface area contributed by atoms with Crippen molar-refractivity contribution in [3.8, 4) is 0 Å². The number of carboxylic acid groups (broad SMARTS) is 1. The molecule has 0 amide bonds. The van der Waals surface area contributed by atoms with Gasteiger partial charge in [-0.25, -0.2) is 0 Å². The van der Waals surface area contributed by atoms with Crippen LogP contribution in [0, 0.1) is 21.3 Å². The zero-order valence-corrected chi connectivity index (χ0v) is 10.9. The molecular formula is C13H16FNO4. The van der Waals surface area contributed by atoms with Gasteiger partial charge in [-0.05, 0) is 24.8 Å². The molecule has 0 aliphatic carbocycles. The topological polar surface area (TPSA) is 80.4 Å². The van der Waals surface area contributed by atoms with Crippen LogP contribution < -0.4 is 0 Å². The van der Waals surface area contributed by atoms with E-state index in [0.717, 1.165) is 6.07 Å². The Hall–Kier alpha value is -1.98. The smallest absolute Gasteiger partial charge is 0.309 e. The minimum Gasteiger partial charge on any atom is -0.481 e. The molecule has 0 saturated carbocycles. The molecule has 104 valence electrons. The third kappa shape index (κ3) is 2.89. The fourth-order valence-corrected chi connectivity index (χ4v) is 2.09. The first-order valence-corrected chi connectivity index (χ1v) is 6.03. The minimum atomic E-state index is -1.09. The van der Waals surface area contributed by atoms with Crippen LogP contribution >= 0.6 is 0 Å². The highest BCUT2D eigenvalue weighted by Gasteiger charge is 2.36. The highest BCUT2D eigenvalue weighted by Crippen LogP contribution is 2.33. The van der Waals surface area contributed by atoms with Crippen molar-refractivity contribution in [2.24, 2.45) is 5.41 Å². The van der Waals surface area contributed by atoms with Crippen LogP contribution in [0.5, 0.6) is 0 Å². The van der Waals surface area contributed by atoms with Crippen LogP contribution in [-0.4, -0.2) is 16.0 Å². The van der Waals surface area contributed by atoms with Gasteiger partial charge in [0.15, 0.2) is 0 Å². The number of nitro groups is 1.